The molecular weight excluding hydrogens is 412 g/mol. The van der Waals surface area contributed by atoms with E-state index in [-0.39, 0.29) is 0 Å². The van der Waals surface area contributed by atoms with Gasteiger partial charge in [0, 0.05) is 11.3 Å². The molecule has 1 saturated carbocycles. The molecule has 0 bridgehead atoms. The third-order valence-corrected chi connectivity index (χ3v) is 8.27. The lowest BCUT2D eigenvalue weighted by Gasteiger charge is -2.36. The molecule has 0 radical (unpaired) electrons. The molecule has 1 aliphatic rings. The Hall–Kier alpha value is -2.87. The van der Waals surface area contributed by atoms with E-state index >= 15 is 0 Å². The molecule has 2 nitrogen and oxygen atoms in total. The average molecular weight is 453 g/mol. The summed E-state index contributed by atoms with van der Waals surface area (Å²) in [4.78, 5) is 5.00. The van der Waals surface area contributed by atoms with Gasteiger partial charge in [-0.3, -0.25) is 4.98 Å². The second-order valence-corrected chi connectivity index (χ2v) is 10.6. The Bertz CT molecular complexity index is 1130. The summed E-state index contributed by atoms with van der Waals surface area (Å²) in [6, 6.07) is 21.5. The van der Waals surface area contributed by atoms with Crippen molar-refractivity contribution in [2.24, 2.45) is 17.3 Å². The Morgan fingerprint density at radius 2 is 1.65 bits per heavy atom. The van der Waals surface area contributed by atoms with Crippen LogP contribution in [0.5, 0.6) is 0 Å². The van der Waals surface area contributed by atoms with E-state index in [2.05, 4.69) is 107 Å². The summed E-state index contributed by atoms with van der Waals surface area (Å²) in [7, 11) is 0. The molecule has 2 aromatic carbocycles. The molecule has 178 valence electrons. The van der Waals surface area contributed by atoms with E-state index in [1.807, 2.05) is 0 Å². The van der Waals surface area contributed by atoms with Crippen molar-refractivity contribution in [3.63, 3.8) is 0 Å². The maximum Gasteiger partial charge on any atom is 0.0735 e. The maximum atomic E-state index is 5.00. The quantitative estimate of drug-likeness (QED) is 0.368. The van der Waals surface area contributed by atoms with E-state index in [1.165, 1.54) is 42.4 Å². The van der Waals surface area contributed by atoms with Gasteiger partial charge in [-0.15, -0.1) is 0 Å². The molecule has 0 saturated heterocycles. The number of anilines is 1. The monoisotopic (exact) mass is 452 g/mol. The van der Waals surface area contributed by atoms with Crippen LogP contribution in [-0.2, 0) is 0 Å². The molecule has 0 aliphatic heterocycles. The van der Waals surface area contributed by atoms with Crippen LogP contribution < -0.4 is 5.32 Å². The SMILES string of the molecule is C=C(CC1CCC(C)[C@]1(C)CCC)Nc1cc(C)c(-c2ccc(-c3ccccc3)cc2)nc1C. The van der Waals surface area contributed by atoms with Crippen LogP contribution >= 0.6 is 0 Å². The summed E-state index contributed by atoms with van der Waals surface area (Å²) in [6.45, 7) is 15.9. The maximum absolute atomic E-state index is 5.00. The first-order chi connectivity index (χ1) is 16.3. The van der Waals surface area contributed by atoms with Crippen molar-refractivity contribution >= 4 is 5.69 Å². The first kappa shape index (κ1) is 24.3. The van der Waals surface area contributed by atoms with Crippen LogP contribution in [0.1, 0.15) is 64.1 Å². The molecule has 1 fully saturated rings. The Morgan fingerprint density at radius 3 is 2.32 bits per heavy atom. The standard InChI is InChI=1S/C32H40N2/c1-7-19-32(6)23(3)13-18-29(32)21-24(4)33-30-20-22(2)31(34-25(30)5)28-16-14-27(15-17-28)26-11-9-8-10-12-26/h8-12,14-17,20,23,29,33H,4,7,13,18-19,21H2,1-3,5-6H3/t23?,29?,32-/m0/s1. The molecule has 4 rings (SSSR count). The largest absolute Gasteiger partial charge is 0.358 e. The molecule has 34 heavy (non-hydrogen) atoms. The van der Waals surface area contributed by atoms with E-state index in [9.17, 15) is 0 Å². The molecule has 3 aromatic rings. The van der Waals surface area contributed by atoms with E-state index in [0.717, 1.165) is 40.7 Å². The van der Waals surface area contributed by atoms with E-state index < -0.39 is 0 Å². The first-order valence-corrected chi connectivity index (χ1v) is 12.9. The predicted octanol–water partition coefficient (Wildman–Crippen LogP) is 9.20. The van der Waals surface area contributed by atoms with Gasteiger partial charge in [0.15, 0.2) is 0 Å². The van der Waals surface area contributed by atoms with Gasteiger partial charge in [0.05, 0.1) is 17.1 Å². The number of nitrogens with one attached hydrogen (secondary N) is 1. The van der Waals surface area contributed by atoms with Crippen LogP contribution in [-0.4, -0.2) is 4.98 Å². The minimum Gasteiger partial charge on any atom is -0.358 e. The summed E-state index contributed by atoms with van der Waals surface area (Å²) in [5.41, 5.74) is 9.49. The molecule has 0 spiro atoms. The lowest BCUT2D eigenvalue weighted by molar-refractivity contribution is 0.151. The second-order valence-electron chi connectivity index (χ2n) is 10.6. The number of aromatic nitrogens is 1. The fourth-order valence-electron chi connectivity index (χ4n) is 5.95. The molecule has 3 atom stereocenters. The number of allylic oxidation sites excluding steroid dienone is 1. The molecule has 1 heterocycles. The first-order valence-electron chi connectivity index (χ1n) is 12.9. The van der Waals surface area contributed by atoms with Gasteiger partial charge in [0.25, 0.3) is 0 Å². The van der Waals surface area contributed by atoms with Crippen molar-refractivity contribution < 1.29 is 0 Å². The van der Waals surface area contributed by atoms with Crippen molar-refractivity contribution in [2.75, 3.05) is 5.32 Å². The molecule has 1 aliphatic carbocycles. The molecule has 2 heteroatoms. The smallest absolute Gasteiger partial charge is 0.0735 e. The number of hydrogen-bond donors (Lipinski definition) is 1. The van der Waals surface area contributed by atoms with Gasteiger partial charge < -0.3 is 5.32 Å². The Labute approximate surface area is 206 Å². The molecule has 0 amide bonds. The second kappa shape index (κ2) is 10.2. The van der Waals surface area contributed by atoms with Crippen LogP contribution in [0.25, 0.3) is 22.4 Å². The van der Waals surface area contributed by atoms with Gasteiger partial charge in [-0.05, 0) is 79.5 Å². The van der Waals surface area contributed by atoms with Crippen LogP contribution in [0.15, 0.2) is 72.9 Å². The van der Waals surface area contributed by atoms with Crippen molar-refractivity contribution in [1.82, 2.24) is 4.98 Å². The number of benzene rings is 2. The van der Waals surface area contributed by atoms with Gasteiger partial charge in [-0.2, -0.15) is 0 Å². The number of nitrogens with zero attached hydrogens (tertiary/aromatic N) is 1. The zero-order valence-electron chi connectivity index (χ0n) is 21.6. The summed E-state index contributed by atoms with van der Waals surface area (Å²) in [5.74, 6) is 1.50. The zero-order chi connectivity index (χ0) is 24.3. The third kappa shape index (κ3) is 4.97. The van der Waals surface area contributed by atoms with Crippen molar-refractivity contribution in [3.8, 4) is 22.4 Å². The Morgan fingerprint density at radius 1 is 1.00 bits per heavy atom. The van der Waals surface area contributed by atoms with Gasteiger partial charge in [0.2, 0.25) is 0 Å². The summed E-state index contributed by atoms with van der Waals surface area (Å²) in [6.07, 6.45) is 6.26. The van der Waals surface area contributed by atoms with Crippen molar-refractivity contribution in [1.29, 1.82) is 0 Å². The Balaban J connectivity index is 1.48. The summed E-state index contributed by atoms with van der Waals surface area (Å²) in [5, 5.41) is 3.62. The van der Waals surface area contributed by atoms with Crippen LogP contribution in [0.3, 0.4) is 0 Å². The minimum atomic E-state index is 0.429. The highest BCUT2D eigenvalue weighted by Crippen LogP contribution is 2.52. The van der Waals surface area contributed by atoms with E-state index in [0.29, 0.717) is 11.3 Å². The van der Waals surface area contributed by atoms with Gasteiger partial charge in [-0.1, -0.05) is 88.4 Å². The van der Waals surface area contributed by atoms with Crippen molar-refractivity contribution in [2.45, 2.75) is 66.7 Å². The van der Waals surface area contributed by atoms with E-state index in [4.69, 9.17) is 4.98 Å². The van der Waals surface area contributed by atoms with Gasteiger partial charge in [0.1, 0.15) is 0 Å². The fraction of sp³-hybridized carbons (Fsp3) is 0.406. The molecule has 2 unspecified atom stereocenters. The normalized spacial score (nSPS) is 22.0. The number of pyridine rings is 1. The lowest BCUT2D eigenvalue weighted by Crippen LogP contribution is -2.28. The van der Waals surface area contributed by atoms with Crippen LogP contribution in [0.2, 0.25) is 0 Å². The third-order valence-electron chi connectivity index (χ3n) is 8.27. The predicted molar refractivity (Wildman–Crippen MR) is 147 cm³/mol. The zero-order valence-corrected chi connectivity index (χ0v) is 21.6. The van der Waals surface area contributed by atoms with Gasteiger partial charge >= 0.3 is 0 Å². The summed E-state index contributed by atoms with van der Waals surface area (Å²) < 4.78 is 0. The van der Waals surface area contributed by atoms with E-state index in [1.54, 1.807) is 0 Å². The average Bonchev–Trinajstić information content (AvgIpc) is 3.10. The highest BCUT2D eigenvalue weighted by Gasteiger charge is 2.43. The van der Waals surface area contributed by atoms with Crippen LogP contribution in [0, 0.1) is 31.1 Å². The lowest BCUT2D eigenvalue weighted by atomic mass is 9.70. The van der Waals surface area contributed by atoms with Gasteiger partial charge in [-0.25, -0.2) is 0 Å². The summed E-state index contributed by atoms with van der Waals surface area (Å²) >= 11 is 0. The molecular formula is C32H40N2. The highest BCUT2D eigenvalue weighted by atomic mass is 14.9. The fourth-order valence-corrected chi connectivity index (χ4v) is 5.95. The number of aryl methyl sites for hydroxylation is 2. The highest BCUT2D eigenvalue weighted by molar-refractivity contribution is 5.72. The minimum absolute atomic E-state index is 0.429. The van der Waals surface area contributed by atoms with Crippen LogP contribution in [0.4, 0.5) is 5.69 Å². The Kier molecular flexibility index (Phi) is 7.26. The molecule has 1 N–H and O–H groups in total. The number of rotatable bonds is 8. The molecule has 1 aromatic heterocycles. The topological polar surface area (TPSA) is 24.9 Å². The van der Waals surface area contributed by atoms with Crippen molar-refractivity contribution in [3.05, 3.63) is 84.2 Å². The number of hydrogen-bond acceptors (Lipinski definition) is 2.